The van der Waals surface area contributed by atoms with Crippen LogP contribution < -0.4 is 5.32 Å². The first-order valence-electron chi connectivity index (χ1n) is 6.62. The third-order valence-corrected chi connectivity index (χ3v) is 3.24. The molecular weight excluding hydrogens is 216 g/mol. The zero-order chi connectivity index (χ0) is 12.9. The Hall–Kier alpha value is -0.610. The van der Waals surface area contributed by atoms with Crippen molar-refractivity contribution in [3.63, 3.8) is 0 Å². The zero-order valence-electron chi connectivity index (χ0n) is 11.3. The van der Waals surface area contributed by atoms with E-state index >= 15 is 0 Å². The second kappa shape index (κ2) is 6.36. The fraction of sp³-hybridized carbons (Fsp3) is 0.923. The second-order valence-corrected chi connectivity index (χ2v) is 5.72. The second-order valence-electron chi connectivity index (χ2n) is 5.72. The van der Waals surface area contributed by atoms with E-state index in [1.807, 2.05) is 11.8 Å². The molecule has 4 nitrogen and oxygen atoms in total. The first kappa shape index (κ1) is 14.5. The molecule has 1 saturated carbocycles. The van der Waals surface area contributed by atoms with E-state index in [2.05, 4.69) is 5.32 Å². The van der Waals surface area contributed by atoms with Crippen molar-refractivity contribution in [3.8, 4) is 0 Å². The molecule has 1 aliphatic carbocycles. The van der Waals surface area contributed by atoms with Gasteiger partial charge in [-0.15, -0.1) is 0 Å². The van der Waals surface area contributed by atoms with Crippen molar-refractivity contribution >= 4 is 5.91 Å². The summed E-state index contributed by atoms with van der Waals surface area (Å²) in [6, 6.07) is 0. The highest BCUT2D eigenvalue weighted by molar-refractivity contribution is 5.78. The molecule has 1 fully saturated rings. The smallest absolute Gasteiger partial charge is 0.234 e. The number of nitrogens with zero attached hydrogens (tertiary/aromatic N) is 1. The Morgan fingerprint density at radius 2 is 2.12 bits per heavy atom. The summed E-state index contributed by atoms with van der Waals surface area (Å²) in [6.07, 6.45) is 3.81. The molecule has 0 aromatic carbocycles. The highest BCUT2D eigenvalue weighted by Gasteiger charge is 2.21. The van der Waals surface area contributed by atoms with Crippen LogP contribution >= 0.6 is 0 Å². The minimum Gasteiger partial charge on any atom is -0.389 e. The fourth-order valence-electron chi connectivity index (χ4n) is 2.04. The first-order chi connectivity index (χ1) is 7.90. The lowest BCUT2D eigenvalue weighted by atomic mass is 9.85. The number of amides is 1. The molecule has 1 amide bonds. The Bertz CT molecular complexity index is 244. The van der Waals surface area contributed by atoms with E-state index in [-0.39, 0.29) is 5.91 Å². The van der Waals surface area contributed by atoms with Gasteiger partial charge in [-0.05, 0) is 39.2 Å². The molecule has 0 heterocycles. The molecular formula is C13H26N2O2. The van der Waals surface area contributed by atoms with Gasteiger partial charge in [0.15, 0.2) is 0 Å². The molecule has 0 aliphatic heterocycles. The Kier molecular flexibility index (Phi) is 5.40. The van der Waals surface area contributed by atoms with Gasteiger partial charge in [-0.1, -0.05) is 13.3 Å². The maximum absolute atomic E-state index is 11.7. The third kappa shape index (κ3) is 6.03. The van der Waals surface area contributed by atoms with E-state index in [9.17, 15) is 9.90 Å². The number of aliphatic hydroxyl groups is 1. The Morgan fingerprint density at radius 3 is 2.53 bits per heavy atom. The van der Waals surface area contributed by atoms with Crippen molar-refractivity contribution < 1.29 is 9.90 Å². The van der Waals surface area contributed by atoms with E-state index in [0.29, 0.717) is 19.0 Å². The molecule has 4 heteroatoms. The van der Waals surface area contributed by atoms with Crippen molar-refractivity contribution in [3.05, 3.63) is 0 Å². The van der Waals surface area contributed by atoms with Crippen molar-refractivity contribution in [2.75, 3.05) is 26.2 Å². The molecule has 0 saturated heterocycles. The van der Waals surface area contributed by atoms with E-state index in [1.54, 1.807) is 13.8 Å². The van der Waals surface area contributed by atoms with Gasteiger partial charge in [-0.2, -0.15) is 0 Å². The molecule has 17 heavy (non-hydrogen) atoms. The van der Waals surface area contributed by atoms with Crippen LogP contribution in [0.1, 0.15) is 40.0 Å². The van der Waals surface area contributed by atoms with Crippen molar-refractivity contribution in [1.29, 1.82) is 0 Å². The standard InChI is InChI=1S/C13H26N2O2/c1-4-15(10-13(2,3)17)9-12(16)14-8-11-6-5-7-11/h11,17H,4-10H2,1-3H3,(H,14,16). The maximum Gasteiger partial charge on any atom is 0.234 e. The summed E-state index contributed by atoms with van der Waals surface area (Å²) < 4.78 is 0. The van der Waals surface area contributed by atoms with Gasteiger partial charge in [0.25, 0.3) is 0 Å². The first-order valence-corrected chi connectivity index (χ1v) is 6.62. The zero-order valence-corrected chi connectivity index (χ0v) is 11.3. The van der Waals surface area contributed by atoms with Gasteiger partial charge in [0.05, 0.1) is 12.1 Å². The highest BCUT2D eigenvalue weighted by Crippen LogP contribution is 2.25. The summed E-state index contributed by atoms with van der Waals surface area (Å²) in [5.74, 6) is 0.770. The molecule has 0 spiro atoms. The van der Waals surface area contributed by atoms with Crippen LogP contribution in [0.25, 0.3) is 0 Å². The number of hydrogen-bond donors (Lipinski definition) is 2. The molecule has 0 atom stereocenters. The summed E-state index contributed by atoms with van der Waals surface area (Å²) >= 11 is 0. The van der Waals surface area contributed by atoms with Gasteiger partial charge in [-0.25, -0.2) is 0 Å². The molecule has 2 N–H and O–H groups in total. The van der Waals surface area contributed by atoms with Crippen LogP contribution in [-0.4, -0.2) is 47.7 Å². The Labute approximate surface area is 104 Å². The summed E-state index contributed by atoms with van der Waals surface area (Å²) in [5, 5.41) is 12.7. The topological polar surface area (TPSA) is 52.6 Å². The Morgan fingerprint density at radius 1 is 1.47 bits per heavy atom. The van der Waals surface area contributed by atoms with E-state index in [4.69, 9.17) is 0 Å². The van der Waals surface area contributed by atoms with Crippen LogP contribution in [0.3, 0.4) is 0 Å². The van der Waals surface area contributed by atoms with Crippen LogP contribution in [0.5, 0.6) is 0 Å². The van der Waals surface area contributed by atoms with Crippen LogP contribution in [0.15, 0.2) is 0 Å². The summed E-state index contributed by atoms with van der Waals surface area (Å²) in [7, 11) is 0. The highest BCUT2D eigenvalue weighted by atomic mass is 16.3. The van der Waals surface area contributed by atoms with Crippen molar-refractivity contribution in [2.24, 2.45) is 5.92 Å². The fourth-order valence-corrected chi connectivity index (χ4v) is 2.04. The van der Waals surface area contributed by atoms with Gasteiger partial charge in [0.2, 0.25) is 5.91 Å². The minimum absolute atomic E-state index is 0.0722. The normalized spacial score (nSPS) is 17.0. The van der Waals surface area contributed by atoms with E-state index < -0.39 is 5.60 Å². The van der Waals surface area contributed by atoms with E-state index in [0.717, 1.165) is 13.1 Å². The van der Waals surface area contributed by atoms with Crippen molar-refractivity contribution in [2.45, 2.75) is 45.6 Å². The molecule has 0 unspecified atom stereocenters. The number of hydrogen-bond acceptors (Lipinski definition) is 3. The molecule has 1 aliphatic rings. The summed E-state index contributed by atoms with van der Waals surface area (Å²) in [6.45, 7) is 8.04. The lowest BCUT2D eigenvalue weighted by Gasteiger charge is -2.28. The predicted molar refractivity (Wildman–Crippen MR) is 68.8 cm³/mol. The maximum atomic E-state index is 11.7. The Balaban J connectivity index is 2.21. The van der Waals surface area contributed by atoms with Crippen LogP contribution in [0, 0.1) is 5.92 Å². The quantitative estimate of drug-likeness (QED) is 0.700. The van der Waals surface area contributed by atoms with Crippen LogP contribution in [0.2, 0.25) is 0 Å². The summed E-state index contributed by atoms with van der Waals surface area (Å²) in [4.78, 5) is 13.7. The van der Waals surface area contributed by atoms with Gasteiger partial charge in [0.1, 0.15) is 0 Å². The average molecular weight is 242 g/mol. The lowest BCUT2D eigenvalue weighted by molar-refractivity contribution is -0.123. The average Bonchev–Trinajstić information content (AvgIpc) is 2.12. The monoisotopic (exact) mass is 242 g/mol. The lowest BCUT2D eigenvalue weighted by Crippen LogP contribution is -2.45. The SMILES string of the molecule is CCN(CC(=O)NCC1CCC1)CC(C)(C)O. The van der Waals surface area contributed by atoms with Crippen LogP contribution in [-0.2, 0) is 4.79 Å². The molecule has 0 radical (unpaired) electrons. The number of carbonyl (C=O) groups excluding carboxylic acids is 1. The largest absolute Gasteiger partial charge is 0.389 e. The van der Waals surface area contributed by atoms with Crippen LogP contribution in [0.4, 0.5) is 0 Å². The molecule has 1 rings (SSSR count). The molecule has 0 aromatic heterocycles. The number of likely N-dealkylation sites (N-methyl/N-ethyl adjacent to an activating group) is 1. The molecule has 100 valence electrons. The molecule has 0 bridgehead atoms. The number of rotatable bonds is 7. The predicted octanol–water partition coefficient (Wildman–Crippen LogP) is 0.995. The van der Waals surface area contributed by atoms with E-state index in [1.165, 1.54) is 19.3 Å². The summed E-state index contributed by atoms with van der Waals surface area (Å²) in [5.41, 5.74) is -0.746. The van der Waals surface area contributed by atoms with Gasteiger partial charge >= 0.3 is 0 Å². The van der Waals surface area contributed by atoms with Gasteiger partial charge in [-0.3, -0.25) is 9.69 Å². The third-order valence-electron chi connectivity index (χ3n) is 3.24. The minimum atomic E-state index is -0.746. The number of nitrogens with one attached hydrogen (secondary N) is 1. The van der Waals surface area contributed by atoms with Gasteiger partial charge < -0.3 is 10.4 Å². The molecule has 0 aromatic rings. The van der Waals surface area contributed by atoms with Crippen molar-refractivity contribution in [1.82, 2.24) is 10.2 Å². The number of carbonyl (C=O) groups is 1. The van der Waals surface area contributed by atoms with Gasteiger partial charge in [0, 0.05) is 13.1 Å².